The van der Waals surface area contributed by atoms with Crippen molar-refractivity contribution >= 4 is 23.9 Å². The summed E-state index contributed by atoms with van der Waals surface area (Å²) in [6.45, 7) is -0.0548. The van der Waals surface area contributed by atoms with Gasteiger partial charge >= 0.3 is 0 Å². The molecule has 0 bridgehead atoms. The van der Waals surface area contributed by atoms with E-state index in [1.165, 1.54) is 20.4 Å². The second-order valence-corrected chi connectivity index (χ2v) is 4.37. The Kier molecular flexibility index (Phi) is 5.62. The Balaban J connectivity index is 2.25. The van der Waals surface area contributed by atoms with Crippen molar-refractivity contribution in [2.45, 2.75) is 0 Å². The Hall–Kier alpha value is -2.73. The molecule has 0 radical (unpaired) electrons. The number of carbonyl (C=O) groups is 1. The lowest BCUT2D eigenvalue weighted by Crippen LogP contribution is -2.19. The second-order valence-electron chi connectivity index (χ2n) is 4.37. The molecule has 2 aromatic rings. The maximum absolute atomic E-state index is 11.7. The zero-order chi connectivity index (χ0) is 15.8. The number of hydrogen-bond donors (Lipinski definition) is 1. The number of nitrogens with zero attached hydrogens (tertiary/aromatic N) is 2. The number of anilines is 1. The smallest absolute Gasteiger partial charge is 0.251 e. The van der Waals surface area contributed by atoms with Gasteiger partial charge in [0.2, 0.25) is 5.88 Å². The molecule has 2 rings (SSSR count). The lowest BCUT2D eigenvalue weighted by Gasteiger charge is -2.08. The summed E-state index contributed by atoms with van der Waals surface area (Å²) in [6, 6.07) is 9.77. The lowest BCUT2D eigenvalue weighted by molar-refractivity contribution is -0.119. The first-order chi connectivity index (χ1) is 10.7. The molecule has 6 heteroatoms. The standard InChI is InChI=1S/C16H17N3O3/c1-21-11-14(20)18-16-13(17-10-15(19-16)22-2)9-8-12-6-4-3-5-7-12/h3-10H,11H2,1-2H3,(H,18,19,20)/b9-8-. The van der Waals surface area contributed by atoms with Crippen LogP contribution in [0.1, 0.15) is 11.3 Å². The van der Waals surface area contributed by atoms with Crippen molar-refractivity contribution in [3.05, 3.63) is 47.8 Å². The Morgan fingerprint density at radius 1 is 1.23 bits per heavy atom. The molecule has 6 nitrogen and oxygen atoms in total. The van der Waals surface area contributed by atoms with Crippen molar-refractivity contribution < 1.29 is 14.3 Å². The third-order valence-corrected chi connectivity index (χ3v) is 2.75. The van der Waals surface area contributed by atoms with Crippen molar-refractivity contribution in [3.8, 4) is 5.88 Å². The molecule has 0 saturated heterocycles. The van der Waals surface area contributed by atoms with Crippen LogP contribution in [0.2, 0.25) is 0 Å². The first-order valence-electron chi connectivity index (χ1n) is 6.66. The van der Waals surface area contributed by atoms with Crippen LogP contribution >= 0.6 is 0 Å². The van der Waals surface area contributed by atoms with Crippen LogP contribution in [0, 0.1) is 0 Å². The minimum absolute atomic E-state index is 0.0548. The third kappa shape index (κ3) is 4.39. The van der Waals surface area contributed by atoms with Crippen molar-refractivity contribution in [3.63, 3.8) is 0 Å². The van der Waals surface area contributed by atoms with Crippen molar-refractivity contribution in [1.29, 1.82) is 0 Å². The molecule has 1 aromatic carbocycles. The summed E-state index contributed by atoms with van der Waals surface area (Å²) in [6.07, 6.45) is 5.17. The summed E-state index contributed by atoms with van der Waals surface area (Å²) in [5, 5.41) is 2.65. The van der Waals surface area contributed by atoms with E-state index < -0.39 is 0 Å². The van der Waals surface area contributed by atoms with E-state index in [0.717, 1.165) is 5.56 Å². The average Bonchev–Trinajstić information content (AvgIpc) is 2.54. The van der Waals surface area contributed by atoms with Gasteiger partial charge in [0.15, 0.2) is 5.82 Å². The summed E-state index contributed by atoms with van der Waals surface area (Å²) < 4.78 is 9.83. The first kappa shape index (κ1) is 15.7. The Bertz CT molecular complexity index is 657. The number of hydrogen-bond acceptors (Lipinski definition) is 5. The molecule has 0 spiro atoms. The topological polar surface area (TPSA) is 73.3 Å². The molecular weight excluding hydrogens is 282 g/mol. The Morgan fingerprint density at radius 3 is 2.68 bits per heavy atom. The van der Waals surface area contributed by atoms with Crippen LogP contribution < -0.4 is 10.1 Å². The van der Waals surface area contributed by atoms with Gasteiger partial charge < -0.3 is 14.8 Å². The van der Waals surface area contributed by atoms with Crippen LogP contribution in [0.15, 0.2) is 36.5 Å². The van der Waals surface area contributed by atoms with Gasteiger partial charge in [0.25, 0.3) is 5.91 Å². The number of methoxy groups -OCH3 is 2. The quantitative estimate of drug-likeness (QED) is 0.885. The number of carbonyl (C=O) groups excluding carboxylic acids is 1. The van der Waals surface area contributed by atoms with Crippen molar-refractivity contribution in [2.24, 2.45) is 0 Å². The molecule has 0 saturated carbocycles. The summed E-state index contributed by atoms with van der Waals surface area (Å²) in [5.74, 6) is 0.345. The maximum Gasteiger partial charge on any atom is 0.251 e. The van der Waals surface area contributed by atoms with Gasteiger partial charge in [0.1, 0.15) is 12.3 Å². The highest BCUT2D eigenvalue weighted by atomic mass is 16.5. The summed E-state index contributed by atoms with van der Waals surface area (Å²) in [5.41, 5.74) is 1.56. The second kappa shape index (κ2) is 7.90. The highest BCUT2D eigenvalue weighted by Crippen LogP contribution is 2.17. The minimum atomic E-state index is -0.306. The van der Waals surface area contributed by atoms with Gasteiger partial charge in [-0.05, 0) is 11.6 Å². The fraction of sp³-hybridized carbons (Fsp3) is 0.188. The zero-order valence-corrected chi connectivity index (χ0v) is 12.4. The van der Waals surface area contributed by atoms with Crippen LogP contribution in [0.25, 0.3) is 12.2 Å². The number of rotatable bonds is 6. The van der Waals surface area contributed by atoms with Gasteiger partial charge in [-0.15, -0.1) is 0 Å². The highest BCUT2D eigenvalue weighted by Gasteiger charge is 2.09. The van der Waals surface area contributed by atoms with Crippen LogP contribution in [0.3, 0.4) is 0 Å². The molecular formula is C16H17N3O3. The van der Waals surface area contributed by atoms with E-state index in [9.17, 15) is 4.79 Å². The molecule has 0 fully saturated rings. The molecule has 0 unspecified atom stereocenters. The molecule has 1 heterocycles. The summed E-state index contributed by atoms with van der Waals surface area (Å²) in [7, 11) is 2.94. The number of nitrogens with one attached hydrogen (secondary N) is 1. The van der Waals surface area contributed by atoms with E-state index in [4.69, 9.17) is 9.47 Å². The first-order valence-corrected chi connectivity index (χ1v) is 6.66. The number of aromatic nitrogens is 2. The van der Waals surface area contributed by atoms with Crippen molar-refractivity contribution in [2.75, 3.05) is 26.1 Å². The maximum atomic E-state index is 11.7. The van der Waals surface area contributed by atoms with Crippen LogP contribution in [0.5, 0.6) is 5.88 Å². The predicted octanol–water partition coefficient (Wildman–Crippen LogP) is 2.24. The minimum Gasteiger partial charge on any atom is -0.480 e. The summed E-state index contributed by atoms with van der Waals surface area (Å²) >= 11 is 0. The van der Waals surface area contributed by atoms with Gasteiger partial charge in [0.05, 0.1) is 13.3 Å². The van der Waals surface area contributed by atoms with E-state index in [0.29, 0.717) is 17.4 Å². The van der Waals surface area contributed by atoms with Gasteiger partial charge in [0, 0.05) is 7.11 Å². The van der Waals surface area contributed by atoms with E-state index in [1.54, 1.807) is 6.08 Å². The SMILES string of the molecule is COCC(=O)Nc1nc(OC)cnc1/C=C\c1ccccc1. The average molecular weight is 299 g/mol. The molecule has 1 N–H and O–H groups in total. The van der Waals surface area contributed by atoms with E-state index >= 15 is 0 Å². The normalized spacial score (nSPS) is 10.6. The van der Waals surface area contributed by atoms with Gasteiger partial charge in [-0.3, -0.25) is 4.79 Å². The van der Waals surface area contributed by atoms with Gasteiger partial charge in [-0.2, -0.15) is 4.98 Å². The number of ether oxygens (including phenoxy) is 2. The van der Waals surface area contributed by atoms with Crippen molar-refractivity contribution in [1.82, 2.24) is 9.97 Å². The van der Waals surface area contributed by atoms with Gasteiger partial charge in [-0.1, -0.05) is 36.4 Å². The van der Waals surface area contributed by atoms with Gasteiger partial charge in [-0.25, -0.2) is 4.98 Å². The van der Waals surface area contributed by atoms with Crippen LogP contribution in [-0.4, -0.2) is 36.7 Å². The van der Waals surface area contributed by atoms with Crippen LogP contribution in [-0.2, 0) is 9.53 Å². The molecule has 114 valence electrons. The number of amides is 1. The van der Waals surface area contributed by atoms with E-state index in [1.807, 2.05) is 36.4 Å². The molecule has 0 atom stereocenters. The Labute approximate surface area is 128 Å². The number of benzene rings is 1. The molecule has 0 aliphatic heterocycles. The van der Waals surface area contributed by atoms with E-state index in [2.05, 4.69) is 15.3 Å². The summed E-state index contributed by atoms with van der Waals surface area (Å²) in [4.78, 5) is 20.1. The monoisotopic (exact) mass is 299 g/mol. The fourth-order valence-electron chi connectivity index (χ4n) is 1.73. The lowest BCUT2D eigenvalue weighted by atomic mass is 10.2. The molecule has 1 amide bonds. The van der Waals surface area contributed by atoms with E-state index in [-0.39, 0.29) is 12.5 Å². The fourth-order valence-corrected chi connectivity index (χ4v) is 1.73. The molecule has 1 aromatic heterocycles. The predicted molar refractivity (Wildman–Crippen MR) is 84.5 cm³/mol. The molecule has 22 heavy (non-hydrogen) atoms. The molecule has 0 aliphatic carbocycles. The highest BCUT2D eigenvalue weighted by molar-refractivity contribution is 5.92. The van der Waals surface area contributed by atoms with Crippen LogP contribution in [0.4, 0.5) is 5.82 Å². The zero-order valence-electron chi connectivity index (χ0n) is 12.4. The largest absolute Gasteiger partial charge is 0.480 e. The Morgan fingerprint density at radius 2 is 2.00 bits per heavy atom. The third-order valence-electron chi connectivity index (χ3n) is 2.75. The molecule has 0 aliphatic rings.